The molecule has 0 fully saturated rings. The van der Waals surface area contributed by atoms with Crippen LogP contribution in [0.25, 0.3) is 10.8 Å². The molecule has 0 aliphatic carbocycles. The van der Waals surface area contributed by atoms with Gasteiger partial charge in [0.25, 0.3) is 5.91 Å². The van der Waals surface area contributed by atoms with Gasteiger partial charge in [-0.25, -0.2) is 0 Å². The van der Waals surface area contributed by atoms with E-state index in [1.165, 1.54) is 0 Å². The average molecular weight is 411 g/mol. The minimum Gasteiger partial charge on any atom is -0.426 e. The van der Waals surface area contributed by atoms with E-state index in [4.69, 9.17) is 21.6 Å². The molecular formula is C21H20BClN2O4. The highest BCUT2D eigenvalue weighted by Crippen LogP contribution is 2.22. The molecule has 0 aliphatic heterocycles. The van der Waals surface area contributed by atoms with Gasteiger partial charge in [-0.1, -0.05) is 54.1 Å². The molecule has 0 saturated carbocycles. The van der Waals surface area contributed by atoms with Crippen molar-refractivity contribution in [1.82, 2.24) is 10.6 Å². The summed E-state index contributed by atoms with van der Waals surface area (Å²) in [5, 5.41) is 25.6. The number of rotatable bonds is 7. The lowest BCUT2D eigenvalue weighted by molar-refractivity contribution is -0.121. The fourth-order valence-electron chi connectivity index (χ4n) is 3.01. The highest BCUT2D eigenvalue weighted by molar-refractivity contribution is 6.41. The monoisotopic (exact) mass is 410 g/mol. The van der Waals surface area contributed by atoms with Gasteiger partial charge in [-0.2, -0.15) is 0 Å². The van der Waals surface area contributed by atoms with E-state index in [-0.39, 0.29) is 18.8 Å². The third kappa shape index (κ3) is 5.81. The Bertz CT molecular complexity index is 1030. The van der Waals surface area contributed by atoms with E-state index in [1.807, 2.05) is 30.3 Å². The predicted molar refractivity (Wildman–Crippen MR) is 113 cm³/mol. The lowest BCUT2D eigenvalue weighted by Crippen LogP contribution is -2.38. The first kappa shape index (κ1) is 20.9. The van der Waals surface area contributed by atoms with Crippen molar-refractivity contribution < 1.29 is 19.6 Å². The van der Waals surface area contributed by atoms with Crippen molar-refractivity contribution in [3.63, 3.8) is 0 Å². The normalized spacial score (nSPS) is 11.7. The number of carbonyl (C=O) groups is 2. The van der Waals surface area contributed by atoms with Crippen molar-refractivity contribution in [2.24, 2.45) is 0 Å². The first-order chi connectivity index (χ1) is 13.9. The van der Waals surface area contributed by atoms with E-state index >= 15 is 0 Å². The molecule has 6 nitrogen and oxygen atoms in total. The quantitative estimate of drug-likeness (QED) is 0.450. The second kappa shape index (κ2) is 9.56. The van der Waals surface area contributed by atoms with E-state index in [0.29, 0.717) is 16.1 Å². The maximum Gasteiger partial charge on any atom is 0.472 e. The summed E-state index contributed by atoms with van der Waals surface area (Å²) in [5.74, 6) is -0.752. The van der Waals surface area contributed by atoms with Gasteiger partial charge in [0.1, 0.15) is 0 Å². The van der Waals surface area contributed by atoms with Crippen LogP contribution >= 0.6 is 11.6 Å². The van der Waals surface area contributed by atoms with Gasteiger partial charge in [-0.3, -0.25) is 9.59 Å². The average Bonchev–Trinajstić information content (AvgIpc) is 2.71. The summed E-state index contributed by atoms with van der Waals surface area (Å²) in [7, 11) is -1.64. The Balaban J connectivity index is 1.80. The summed E-state index contributed by atoms with van der Waals surface area (Å²) in [6.07, 6.45) is -0.369. The molecule has 4 N–H and O–H groups in total. The Hall–Kier alpha value is -2.87. The molecule has 29 heavy (non-hydrogen) atoms. The zero-order valence-corrected chi connectivity index (χ0v) is 16.3. The van der Waals surface area contributed by atoms with Crippen LogP contribution < -0.4 is 10.6 Å². The number of hydrogen-bond donors (Lipinski definition) is 4. The Labute approximate surface area is 173 Å². The highest BCUT2D eigenvalue weighted by atomic mass is 35.5. The van der Waals surface area contributed by atoms with Gasteiger partial charge in [0.2, 0.25) is 5.91 Å². The standard InChI is InChI=1S/C21H20BClN2O4/c23-18-7-3-6-16(11-18)19(12-20(26)24-13-22(28)29)25-21(27)17-9-8-14-4-1-2-5-15(14)10-17/h1-11,19,28-29H,12-13H2,(H,24,26)(H,25,27). The van der Waals surface area contributed by atoms with Crippen LogP contribution in [0.2, 0.25) is 5.02 Å². The molecule has 0 aromatic heterocycles. The zero-order chi connectivity index (χ0) is 20.8. The van der Waals surface area contributed by atoms with Gasteiger partial charge in [-0.15, -0.1) is 0 Å². The maximum absolute atomic E-state index is 12.8. The molecule has 2 amide bonds. The van der Waals surface area contributed by atoms with Gasteiger partial charge < -0.3 is 20.7 Å². The van der Waals surface area contributed by atoms with Gasteiger partial charge in [0.15, 0.2) is 0 Å². The Morgan fingerprint density at radius 3 is 2.45 bits per heavy atom. The van der Waals surface area contributed by atoms with Crippen molar-refractivity contribution in [1.29, 1.82) is 0 Å². The van der Waals surface area contributed by atoms with E-state index in [1.54, 1.807) is 36.4 Å². The van der Waals surface area contributed by atoms with Crippen LogP contribution in [0.4, 0.5) is 0 Å². The molecule has 0 spiro atoms. The van der Waals surface area contributed by atoms with Crippen LogP contribution in [0.3, 0.4) is 0 Å². The molecule has 3 rings (SSSR count). The molecule has 1 atom stereocenters. The number of fused-ring (bicyclic) bond motifs is 1. The number of hydrogen-bond acceptors (Lipinski definition) is 4. The molecule has 8 heteroatoms. The van der Waals surface area contributed by atoms with Gasteiger partial charge in [0.05, 0.1) is 18.9 Å². The summed E-state index contributed by atoms with van der Waals surface area (Å²) in [6.45, 7) is 0. The van der Waals surface area contributed by atoms with Crippen molar-refractivity contribution >= 4 is 41.3 Å². The molecule has 0 aliphatic rings. The topological polar surface area (TPSA) is 98.7 Å². The molecular weight excluding hydrogens is 391 g/mol. The molecule has 0 heterocycles. The van der Waals surface area contributed by atoms with Gasteiger partial charge in [-0.05, 0) is 40.6 Å². The van der Waals surface area contributed by atoms with Crippen LogP contribution in [0.1, 0.15) is 28.4 Å². The van der Waals surface area contributed by atoms with Crippen LogP contribution in [0.15, 0.2) is 66.7 Å². The first-order valence-electron chi connectivity index (χ1n) is 9.10. The Kier molecular flexibility index (Phi) is 6.88. The fraction of sp³-hybridized carbons (Fsp3) is 0.143. The summed E-state index contributed by atoms with van der Waals surface area (Å²) >= 11 is 6.07. The molecule has 0 saturated heterocycles. The summed E-state index contributed by atoms with van der Waals surface area (Å²) < 4.78 is 0. The highest BCUT2D eigenvalue weighted by Gasteiger charge is 2.20. The minimum absolute atomic E-state index is 0.0770. The van der Waals surface area contributed by atoms with Crippen molar-refractivity contribution in [2.75, 3.05) is 6.44 Å². The molecule has 1 unspecified atom stereocenters. The van der Waals surface area contributed by atoms with Crippen molar-refractivity contribution in [2.45, 2.75) is 12.5 Å². The van der Waals surface area contributed by atoms with Crippen molar-refractivity contribution in [3.05, 3.63) is 82.9 Å². The molecule has 0 bridgehead atoms. The predicted octanol–water partition coefficient (Wildman–Crippen LogP) is 2.48. The van der Waals surface area contributed by atoms with Gasteiger partial charge >= 0.3 is 7.12 Å². The van der Waals surface area contributed by atoms with E-state index < -0.39 is 19.1 Å². The lowest BCUT2D eigenvalue weighted by Gasteiger charge is -2.19. The zero-order valence-electron chi connectivity index (χ0n) is 15.5. The maximum atomic E-state index is 12.8. The number of halogens is 1. The van der Waals surface area contributed by atoms with E-state index in [9.17, 15) is 9.59 Å². The summed E-state index contributed by atoms with van der Waals surface area (Å²) in [4.78, 5) is 25.0. The van der Waals surface area contributed by atoms with Crippen LogP contribution in [0, 0.1) is 0 Å². The van der Waals surface area contributed by atoms with Crippen molar-refractivity contribution in [3.8, 4) is 0 Å². The molecule has 3 aromatic rings. The lowest BCUT2D eigenvalue weighted by atomic mass is 9.92. The Morgan fingerprint density at radius 2 is 1.72 bits per heavy atom. The Morgan fingerprint density at radius 1 is 0.966 bits per heavy atom. The number of amides is 2. The van der Waals surface area contributed by atoms with Crippen LogP contribution in [-0.2, 0) is 4.79 Å². The number of benzene rings is 3. The molecule has 148 valence electrons. The first-order valence-corrected chi connectivity index (χ1v) is 9.48. The van der Waals surface area contributed by atoms with Crippen LogP contribution in [-0.4, -0.2) is 35.4 Å². The fourth-order valence-corrected chi connectivity index (χ4v) is 3.21. The summed E-state index contributed by atoms with van der Waals surface area (Å²) in [6, 6.07) is 19.4. The molecule has 3 aromatic carbocycles. The SMILES string of the molecule is O=C(CC(NC(=O)c1ccc2ccccc2c1)c1cccc(Cl)c1)NCB(O)O. The van der Waals surface area contributed by atoms with Crippen LogP contribution in [0.5, 0.6) is 0 Å². The smallest absolute Gasteiger partial charge is 0.426 e. The van der Waals surface area contributed by atoms with E-state index in [2.05, 4.69) is 10.6 Å². The second-order valence-corrected chi connectivity index (χ2v) is 7.07. The van der Waals surface area contributed by atoms with E-state index in [0.717, 1.165) is 10.8 Å². The second-order valence-electron chi connectivity index (χ2n) is 6.63. The number of carbonyl (C=O) groups excluding carboxylic acids is 2. The summed E-state index contributed by atoms with van der Waals surface area (Å²) in [5.41, 5.74) is 1.15. The minimum atomic E-state index is -1.64. The third-order valence-electron chi connectivity index (χ3n) is 4.44. The third-order valence-corrected chi connectivity index (χ3v) is 4.67. The van der Waals surface area contributed by atoms with Gasteiger partial charge in [0, 0.05) is 10.6 Å². The number of nitrogens with one attached hydrogen (secondary N) is 2. The largest absolute Gasteiger partial charge is 0.472 e. The molecule has 0 radical (unpaired) electrons.